The van der Waals surface area contributed by atoms with Gasteiger partial charge in [0.2, 0.25) is 0 Å². The minimum Gasteiger partial charge on any atom is -0.508 e. The second-order valence-corrected chi connectivity index (χ2v) is 8.93. The maximum Gasteiger partial charge on any atom is 0.279 e. The number of allylic oxidation sites excluding steroid dienone is 1. The number of fused-ring (bicyclic) bond motifs is 1. The lowest BCUT2D eigenvalue weighted by atomic mass is 10.1. The van der Waals surface area contributed by atoms with Gasteiger partial charge in [-0.2, -0.15) is 5.10 Å². The molecule has 0 aliphatic carbocycles. The van der Waals surface area contributed by atoms with Crippen LogP contribution >= 0.6 is 23.1 Å². The number of thiophene rings is 1. The SMILES string of the molecule is CC1=C(C(=O)N/N=C/c2ccc(O)c(C)c2)SC(c2csc3ccccc23)N1C. The highest BCUT2D eigenvalue weighted by Gasteiger charge is 2.33. The molecule has 0 saturated carbocycles. The molecular weight excluding hydrogens is 402 g/mol. The first-order valence-corrected chi connectivity index (χ1v) is 10.9. The maximum atomic E-state index is 12.7. The van der Waals surface area contributed by atoms with E-state index in [1.807, 2.05) is 39.1 Å². The number of thioether (sulfide) groups is 1. The van der Waals surface area contributed by atoms with Crippen LogP contribution in [0.5, 0.6) is 5.75 Å². The Bertz CT molecular complexity index is 1150. The smallest absolute Gasteiger partial charge is 0.279 e. The number of hydrogen-bond donors (Lipinski definition) is 2. The van der Waals surface area contributed by atoms with E-state index in [1.54, 1.807) is 41.4 Å². The van der Waals surface area contributed by atoms with Crippen LogP contribution in [0.15, 0.2) is 63.5 Å². The molecule has 1 amide bonds. The predicted molar refractivity (Wildman–Crippen MR) is 121 cm³/mol. The fourth-order valence-corrected chi connectivity index (χ4v) is 5.66. The second kappa shape index (κ2) is 7.93. The van der Waals surface area contributed by atoms with Gasteiger partial charge in [0.15, 0.2) is 0 Å². The molecule has 1 aliphatic heterocycles. The molecular formula is C22H21N3O2S2. The lowest BCUT2D eigenvalue weighted by Crippen LogP contribution is -2.19. The van der Waals surface area contributed by atoms with E-state index in [0.717, 1.165) is 16.8 Å². The van der Waals surface area contributed by atoms with Crippen LogP contribution in [-0.4, -0.2) is 29.2 Å². The van der Waals surface area contributed by atoms with Crippen molar-refractivity contribution in [1.29, 1.82) is 0 Å². The number of carbonyl (C=O) groups excluding carboxylic acids is 1. The minimum absolute atomic E-state index is 0.0654. The van der Waals surface area contributed by atoms with Gasteiger partial charge in [0.1, 0.15) is 11.1 Å². The van der Waals surface area contributed by atoms with Crippen LogP contribution in [0, 0.1) is 6.92 Å². The molecule has 0 fully saturated rings. The van der Waals surface area contributed by atoms with Crippen LogP contribution in [0.3, 0.4) is 0 Å². The monoisotopic (exact) mass is 423 g/mol. The molecule has 1 atom stereocenters. The summed E-state index contributed by atoms with van der Waals surface area (Å²) in [6.45, 7) is 3.78. The molecule has 1 aliphatic rings. The number of benzene rings is 2. The summed E-state index contributed by atoms with van der Waals surface area (Å²) in [6, 6.07) is 13.5. The summed E-state index contributed by atoms with van der Waals surface area (Å²) in [5.74, 6) is 0.0255. The molecule has 1 unspecified atom stereocenters. The molecule has 0 bridgehead atoms. The first-order valence-electron chi connectivity index (χ1n) is 9.15. The van der Waals surface area contributed by atoms with E-state index >= 15 is 0 Å². The molecule has 0 spiro atoms. The maximum absolute atomic E-state index is 12.7. The topological polar surface area (TPSA) is 64.9 Å². The minimum atomic E-state index is -0.215. The van der Waals surface area contributed by atoms with Gasteiger partial charge in [-0.1, -0.05) is 30.0 Å². The zero-order valence-electron chi connectivity index (χ0n) is 16.3. The summed E-state index contributed by atoms with van der Waals surface area (Å²) < 4.78 is 1.25. The van der Waals surface area contributed by atoms with Gasteiger partial charge in [-0.25, -0.2) is 5.43 Å². The lowest BCUT2D eigenvalue weighted by Gasteiger charge is -2.22. The standard InChI is InChI=1S/C22H21N3O2S2/c1-13-10-15(8-9-18(13)26)11-23-24-21(27)20-14(2)25(3)22(29-20)17-12-28-19-7-5-4-6-16(17)19/h4-12,22,26H,1-3H3,(H,24,27)/b23-11+. The average molecular weight is 424 g/mol. The van der Waals surface area contributed by atoms with Gasteiger partial charge in [-0.05, 0) is 60.0 Å². The van der Waals surface area contributed by atoms with Crippen LogP contribution in [-0.2, 0) is 4.79 Å². The van der Waals surface area contributed by atoms with Gasteiger partial charge in [0.25, 0.3) is 5.91 Å². The van der Waals surface area contributed by atoms with Gasteiger partial charge >= 0.3 is 0 Å². The van der Waals surface area contributed by atoms with Crippen LogP contribution in [0.1, 0.15) is 29.0 Å². The fraction of sp³-hybridized carbons (Fsp3) is 0.182. The van der Waals surface area contributed by atoms with Crippen molar-refractivity contribution in [2.24, 2.45) is 5.10 Å². The Morgan fingerprint density at radius 2 is 2.03 bits per heavy atom. The molecule has 3 aromatic rings. The van der Waals surface area contributed by atoms with E-state index in [1.165, 1.54) is 15.6 Å². The van der Waals surface area contributed by atoms with Gasteiger partial charge in [0, 0.05) is 23.0 Å². The molecule has 2 N–H and O–H groups in total. The molecule has 1 aromatic heterocycles. The molecule has 4 rings (SSSR count). The van der Waals surface area contributed by atoms with E-state index < -0.39 is 0 Å². The molecule has 148 valence electrons. The molecule has 29 heavy (non-hydrogen) atoms. The van der Waals surface area contributed by atoms with Crippen molar-refractivity contribution >= 4 is 45.3 Å². The van der Waals surface area contributed by atoms with Crippen LogP contribution in [0.2, 0.25) is 0 Å². The molecule has 0 saturated heterocycles. The summed E-state index contributed by atoms with van der Waals surface area (Å²) in [5.41, 5.74) is 6.36. The molecule has 7 heteroatoms. The van der Waals surface area contributed by atoms with Gasteiger partial charge < -0.3 is 10.0 Å². The van der Waals surface area contributed by atoms with Crippen molar-refractivity contribution in [3.05, 3.63) is 75.1 Å². The Kier molecular flexibility index (Phi) is 5.34. The Labute approximate surface area is 177 Å². The van der Waals surface area contributed by atoms with E-state index in [0.29, 0.717) is 4.91 Å². The van der Waals surface area contributed by atoms with Gasteiger partial charge in [-0.3, -0.25) is 4.79 Å². The van der Waals surface area contributed by atoms with Crippen molar-refractivity contribution in [2.45, 2.75) is 19.2 Å². The van der Waals surface area contributed by atoms with Crippen molar-refractivity contribution in [3.8, 4) is 5.75 Å². The number of amides is 1. The quantitative estimate of drug-likeness (QED) is 0.459. The van der Waals surface area contributed by atoms with Gasteiger partial charge in [-0.15, -0.1) is 11.3 Å². The number of phenols is 1. The van der Waals surface area contributed by atoms with E-state index in [-0.39, 0.29) is 17.0 Å². The Morgan fingerprint density at radius 3 is 2.83 bits per heavy atom. The number of nitrogens with zero attached hydrogens (tertiary/aromatic N) is 2. The Balaban J connectivity index is 1.49. The van der Waals surface area contributed by atoms with E-state index in [4.69, 9.17) is 0 Å². The zero-order chi connectivity index (χ0) is 20.5. The van der Waals surface area contributed by atoms with Crippen molar-refractivity contribution in [2.75, 3.05) is 7.05 Å². The first kappa shape index (κ1) is 19.5. The molecule has 0 radical (unpaired) electrons. The van der Waals surface area contributed by atoms with Crippen molar-refractivity contribution in [3.63, 3.8) is 0 Å². The Hall–Kier alpha value is -2.77. The van der Waals surface area contributed by atoms with E-state index in [9.17, 15) is 9.90 Å². The van der Waals surface area contributed by atoms with Crippen molar-refractivity contribution < 1.29 is 9.90 Å². The van der Waals surface area contributed by atoms with Crippen LogP contribution in [0.4, 0.5) is 0 Å². The summed E-state index contributed by atoms with van der Waals surface area (Å²) in [5, 5.41) is 17.2. The number of hydrazone groups is 1. The van der Waals surface area contributed by atoms with Crippen LogP contribution < -0.4 is 5.43 Å². The zero-order valence-corrected chi connectivity index (χ0v) is 18.0. The molecule has 5 nitrogen and oxygen atoms in total. The number of nitrogens with one attached hydrogen (secondary N) is 1. The van der Waals surface area contributed by atoms with Gasteiger partial charge in [0.05, 0.1) is 11.1 Å². The third-order valence-corrected chi connectivity index (χ3v) is 7.51. The Morgan fingerprint density at radius 1 is 1.24 bits per heavy atom. The fourth-order valence-electron chi connectivity index (χ4n) is 3.27. The number of aryl methyl sites for hydroxylation is 1. The van der Waals surface area contributed by atoms with Crippen LogP contribution in [0.25, 0.3) is 10.1 Å². The molecule has 2 heterocycles. The number of phenolic OH excluding ortho intramolecular Hbond substituents is 1. The third-order valence-electron chi connectivity index (χ3n) is 5.02. The third kappa shape index (κ3) is 3.75. The number of hydrogen-bond acceptors (Lipinski definition) is 6. The largest absolute Gasteiger partial charge is 0.508 e. The molecule has 2 aromatic carbocycles. The summed E-state index contributed by atoms with van der Waals surface area (Å²) in [7, 11) is 2.02. The highest BCUT2D eigenvalue weighted by Crippen LogP contribution is 2.49. The second-order valence-electron chi connectivity index (χ2n) is 6.93. The summed E-state index contributed by atoms with van der Waals surface area (Å²) in [4.78, 5) is 15.5. The average Bonchev–Trinajstić information content (AvgIpc) is 3.26. The highest BCUT2D eigenvalue weighted by atomic mass is 32.2. The number of carbonyl (C=O) groups is 1. The summed E-state index contributed by atoms with van der Waals surface area (Å²) >= 11 is 3.28. The lowest BCUT2D eigenvalue weighted by molar-refractivity contribution is -0.116. The normalized spacial score (nSPS) is 16.9. The van der Waals surface area contributed by atoms with E-state index in [2.05, 4.69) is 32.9 Å². The summed E-state index contributed by atoms with van der Waals surface area (Å²) in [6.07, 6.45) is 1.58. The first-order chi connectivity index (χ1) is 14.0. The number of rotatable bonds is 4. The number of aromatic hydroxyl groups is 1. The predicted octanol–water partition coefficient (Wildman–Crippen LogP) is 4.97. The highest BCUT2D eigenvalue weighted by molar-refractivity contribution is 8.04. The van der Waals surface area contributed by atoms with Crippen molar-refractivity contribution in [1.82, 2.24) is 10.3 Å².